The van der Waals surface area contributed by atoms with Crippen molar-refractivity contribution in [1.29, 1.82) is 0 Å². The van der Waals surface area contributed by atoms with E-state index in [1.54, 1.807) is 11.8 Å². The van der Waals surface area contributed by atoms with Crippen LogP contribution in [0.2, 0.25) is 0 Å². The van der Waals surface area contributed by atoms with Gasteiger partial charge in [-0.15, -0.1) is 0 Å². The summed E-state index contributed by atoms with van der Waals surface area (Å²) < 4.78 is 17.2. The van der Waals surface area contributed by atoms with Crippen LogP contribution in [0.25, 0.3) is 11.1 Å². The fraction of sp³-hybridized carbons (Fsp3) is 0.424. The summed E-state index contributed by atoms with van der Waals surface area (Å²) in [5.74, 6) is -0.547. The number of hydrogen-bond donors (Lipinski definition) is 2. The highest BCUT2D eigenvalue weighted by atomic mass is 16.6. The van der Waals surface area contributed by atoms with E-state index in [2.05, 4.69) is 29.6 Å². The van der Waals surface area contributed by atoms with Gasteiger partial charge >= 0.3 is 18.2 Å². The first-order valence-corrected chi connectivity index (χ1v) is 14.4. The molecule has 222 valence electrons. The van der Waals surface area contributed by atoms with E-state index in [0.29, 0.717) is 18.6 Å². The van der Waals surface area contributed by atoms with Gasteiger partial charge in [0.05, 0.1) is 6.54 Å². The number of carbonyl (C=O) groups is 3. The summed E-state index contributed by atoms with van der Waals surface area (Å²) in [5, 5.41) is 12.5. The number of ether oxygens (including phenoxy) is 2. The van der Waals surface area contributed by atoms with Gasteiger partial charge in [0.25, 0.3) is 0 Å². The van der Waals surface area contributed by atoms with Crippen molar-refractivity contribution in [2.24, 2.45) is 0 Å². The topological polar surface area (TPSA) is 118 Å². The van der Waals surface area contributed by atoms with Crippen molar-refractivity contribution in [2.75, 3.05) is 6.61 Å². The van der Waals surface area contributed by atoms with Gasteiger partial charge in [0.2, 0.25) is 0 Å². The molecule has 0 unspecified atom stereocenters. The number of rotatable bonds is 7. The van der Waals surface area contributed by atoms with Gasteiger partial charge in [0, 0.05) is 18.0 Å². The maximum atomic E-state index is 13.8. The second-order valence-corrected chi connectivity index (χ2v) is 12.1. The number of nitrogens with one attached hydrogen (secondary N) is 1. The molecule has 1 heterocycles. The lowest BCUT2D eigenvalue weighted by atomic mass is 9.90. The molecule has 3 aromatic rings. The molecule has 1 fully saturated rings. The summed E-state index contributed by atoms with van der Waals surface area (Å²) in [4.78, 5) is 39.5. The third-order valence-corrected chi connectivity index (χ3v) is 7.90. The van der Waals surface area contributed by atoms with E-state index in [9.17, 15) is 19.5 Å². The van der Waals surface area contributed by atoms with Crippen LogP contribution in [0.3, 0.4) is 0 Å². The predicted molar refractivity (Wildman–Crippen MR) is 156 cm³/mol. The van der Waals surface area contributed by atoms with Crippen LogP contribution in [0, 0.1) is 6.92 Å². The van der Waals surface area contributed by atoms with Gasteiger partial charge in [-0.3, -0.25) is 4.90 Å². The third-order valence-electron chi connectivity index (χ3n) is 7.90. The number of furan rings is 1. The van der Waals surface area contributed by atoms with E-state index in [1.807, 2.05) is 45.0 Å². The quantitative estimate of drug-likeness (QED) is 0.316. The molecule has 9 nitrogen and oxygen atoms in total. The molecule has 9 heteroatoms. The Labute approximate surface area is 245 Å². The molecule has 5 rings (SSSR count). The molecule has 0 bridgehead atoms. The zero-order valence-electron chi connectivity index (χ0n) is 24.5. The molecule has 1 aromatic heterocycles. The van der Waals surface area contributed by atoms with Crippen molar-refractivity contribution in [3.63, 3.8) is 0 Å². The first kappa shape index (κ1) is 29.2. The maximum Gasteiger partial charge on any atom is 0.410 e. The number of nitrogens with zero attached hydrogens (tertiary/aromatic N) is 1. The standard InChI is InChI=1S/C33H38N2O7/c1-20-28(30(36)37)17-23(41-20)18-35(22-11-9-10-21(16-22)34-31(38)42-33(2,3)4)32(39)40-19-29-26-14-7-5-12-24(26)25-13-6-8-15-27(25)29/h5-8,12-15,17,21-22,29H,9-11,16,18-19H2,1-4H3,(H,34,38)(H,36,37)/t21-,22-/m1/s1. The van der Waals surface area contributed by atoms with Gasteiger partial charge in [-0.05, 0) is 81.7 Å². The fourth-order valence-corrected chi connectivity index (χ4v) is 6.07. The number of carboxylic acid groups (broad SMARTS) is 1. The molecule has 2 N–H and O–H groups in total. The zero-order valence-corrected chi connectivity index (χ0v) is 24.5. The van der Waals surface area contributed by atoms with E-state index in [1.165, 1.54) is 6.07 Å². The van der Waals surface area contributed by atoms with Gasteiger partial charge in [-0.2, -0.15) is 0 Å². The summed E-state index contributed by atoms with van der Waals surface area (Å²) in [6.45, 7) is 7.23. The fourth-order valence-electron chi connectivity index (χ4n) is 6.07. The smallest absolute Gasteiger partial charge is 0.410 e. The first-order chi connectivity index (χ1) is 20.0. The Balaban J connectivity index is 1.35. The van der Waals surface area contributed by atoms with E-state index < -0.39 is 23.8 Å². The minimum atomic E-state index is -1.09. The van der Waals surface area contributed by atoms with Crippen LogP contribution in [0.15, 0.2) is 59.0 Å². The summed E-state index contributed by atoms with van der Waals surface area (Å²) in [6.07, 6.45) is 1.77. The summed E-state index contributed by atoms with van der Waals surface area (Å²) in [5.41, 5.74) is 3.95. The second-order valence-electron chi connectivity index (χ2n) is 12.1. The highest BCUT2D eigenvalue weighted by Gasteiger charge is 2.35. The van der Waals surface area contributed by atoms with Gasteiger partial charge in [0.1, 0.15) is 29.3 Å². The summed E-state index contributed by atoms with van der Waals surface area (Å²) in [6, 6.07) is 17.3. The number of carbonyl (C=O) groups excluding carboxylic acids is 2. The van der Waals surface area contributed by atoms with Crippen molar-refractivity contribution < 1.29 is 33.4 Å². The number of amides is 2. The van der Waals surface area contributed by atoms with Gasteiger partial charge in [-0.1, -0.05) is 48.5 Å². The van der Waals surface area contributed by atoms with Crippen LogP contribution in [0.5, 0.6) is 0 Å². The lowest BCUT2D eigenvalue weighted by Gasteiger charge is -2.37. The van der Waals surface area contributed by atoms with Crippen LogP contribution in [0.4, 0.5) is 9.59 Å². The van der Waals surface area contributed by atoms with Crippen molar-refractivity contribution in [3.05, 3.63) is 82.8 Å². The molecule has 2 aromatic carbocycles. The molecule has 0 spiro atoms. The molecule has 0 saturated heterocycles. The Bertz CT molecular complexity index is 1430. The van der Waals surface area contributed by atoms with Crippen molar-refractivity contribution in [1.82, 2.24) is 10.2 Å². The van der Waals surface area contributed by atoms with Crippen molar-refractivity contribution >= 4 is 18.2 Å². The number of hydrogen-bond acceptors (Lipinski definition) is 6. The van der Waals surface area contributed by atoms with Crippen LogP contribution < -0.4 is 5.32 Å². The molecular weight excluding hydrogens is 536 g/mol. The Morgan fingerprint density at radius 3 is 2.26 bits per heavy atom. The Morgan fingerprint density at radius 2 is 1.67 bits per heavy atom. The molecule has 1 saturated carbocycles. The summed E-state index contributed by atoms with van der Waals surface area (Å²) in [7, 11) is 0. The van der Waals surface area contributed by atoms with Gasteiger partial charge in [0.15, 0.2) is 0 Å². The minimum Gasteiger partial charge on any atom is -0.478 e. The Kier molecular flexibility index (Phi) is 8.29. The van der Waals surface area contributed by atoms with Crippen LogP contribution >= 0.6 is 0 Å². The molecule has 42 heavy (non-hydrogen) atoms. The highest BCUT2D eigenvalue weighted by molar-refractivity contribution is 5.88. The van der Waals surface area contributed by atoms with E-state index >= 15 is 0 Å². The van der Waals surface area contributed by atoms with Crippen LogP contribution in [-0.4, -0.2) is 52.5 Å². The Morgan fingerprint density at radius 1 is 1.02 bits per heavy atom. The Hall–Kier alpha value is -4.27. The largest absolute Gasteiger partial charge is 0.478 e. The molecule has 2 atom stereocenters. The minimum absolute atomic E-state index is 0.0502. The zero-order chi connectivity index (χ0) is 30.0. The average Bonchev–Trinajstić information content (AvgIpc) is 3.47. The van der Waals surface area contributed by atoms with Gasteiger partial charge < -0.3 is 24.3 Å². The van der Waals surface area contributed by atoms with Crippen molar-refractivity contribution in [3.8, 4) is 11.1 Å². The summed E-state index contributed by atoms with van der Waals surface area (Å²) >= 11 is 0. The lowest BCUT2D eigenvalue weighted by molar-refractivity contribution is 0.0443. The number of aromatic carboxylic acids is 1. The molecular formula is C33H38N2O7. The lowest BCUT2D eigenvalue weighted by Crippen LogP contribution is -2.48. The van der Waals surface area contributed by atoms with E-state index in [-0.39, 0.29) is 42.5 Å². The number of alkyl carbamates (subject to hydrolysis) is 1. The molecule has 2 aliphatic carbocycles. The normalized spacial score (nSPS) is 18.1. The molecule has 0 radical (unpaired) electrons. The number of benzene rings is 2. The SMILES string of the molecule is Cc1oc(CN(C(=O)OCC2c3ccccc3-c3ccccc32)[C@@H]2CCC[C@@H](NC(=O)OC(C)(C)C)C2)cc1C(=O)O. The molecule has 2 aliphatic rings. The third kappa shape index (κ3) is 6.45. The van der Waals surface area contributed by atoms with E-state index in [4.69, 9.17) is 13.9 Å². The highest BCUT2D eigenvalue weighted by Crippen LogP contribution is 2.44. The number of aryl methyl sites for hydroxylation is 1. The second kappa shape index (κ2) is 11.9. The van der Waals surface area contributed by atoms with Crippen LogP contribution in [0.1, 0.15) is 85.4 Å². The monoisotopic (exact) mass is 574 g/mol. The van der Waals surface area contributed by atoms with E-state index in [0.717, 1.165) is 35.1 Å². The first-order valence-electron chi connectivity index (χ1n) is 14.4. The number of fused-ring (bicyclic) bond motifs is 3. The predicted octanol–water partition coefficient (Wildman–Crippen LogP) is 6.87. The molecule has 2 amide bonds. The van der Waals surface area contributed by atoms with Crippen molar-refractivity contribution in [2.45, 2.75) is 83.5 Å². The van der Waals surface area contributed by atoms with Gasteiger partial charge in [-0.25, -0.2) is 14.4 Å². The van der Waals surface area contributed by atoms with Crippen LogP contribution in [-0.2, 0) is 16.0 Å². The molecule has 0 aliphatic heterocycles. The number of carboxylic acids is 1. The maximum absolute atomic E-state index is 13.8. The average molecular weight is 575 g/mol.